The van der Waals surface area contributed by atoms with Crippen LogP contribution < -0.4 is 9.64 Å². The van der Waals surface area contributed by atoms with Gasteiger partial charge in [-0.05, 0) is 57.9 Å². The predicted molar refractivity (Wildman–Crippen MR) is 113 cm³/mol. The third kappa shape index (κ3) is 4.13. The maximum atomic E-state index is 13.2. The number of carbonyl (C=O) groups is 2. The van der Waals surface area contributed by atoms with E-state index in [1.807, 2.05) is 41.8 Å². The minimum Gasteiger partial charge on any atom is -0.476 e. The highest BCUT2D eigenvalue weighted by Gasteiger charge is 2.42. The molecule has 158 valence electrons. The van der Waals surface area contributed by atoms with Crippen molar-refractivity contribution in [2.75, 3.05) is 44.7 Å². The Morgan fingerprint density at radius 1 is 1.10 bits per heavy atom. The van der Waals surface area contributed by atoms with Crippen LogP contribution in [0.5, 0.6) is 5.75 Å². The van der Waals surface area contributed by atoms with Gasteiger partial charge in [0, 0.05) is 38.3 Å². The van der Waals surface area contributed by atoms with Crippen molar-refractivity contribution in [2.24, 2.45) is 5.92 Å². The molecule has 2 fully saturated rings. The van der Waals surface area contributed by atoms with Crippen molar-refractivity contribution in [1.82, 2.24) is 9.80 Å². The number of anilines is 1. The van der Waals surface area contributed by atoms with E-state index < -0.39 is 5.60 Å². The number of ether oxygens (including phenoxy) is 1. The van der Waals surface area contributed by atoms with Crippen LogP contribution >= 0.6 is 0 Å². The van der Waals surface area contributed by atoms with Crippen LogP contribution in [0.15, 0.2) is 18.2 Å². The maximum absolute atomic E-state index is 13.2. The van der Waals surface area contributed by atoms with E-state index in [1.165, 1.54) is 32.1 Å². The molecular weight excluding hydrogens is 366 g/mol. The predicted octanol–water partition coefficient (Wildman–Crippen LogP) is 3.16. The Kier molecular flexibility index (Phi) is 5.56. The fourth-order valence-corrected chi connectivity index (χ4v) is 4.70. The zero-order valence-corrected chi connectivity index (χ0v) is 17.9. The second-order valence-electron chi connectivity index (χ2n) is 9.31. The van der Waals surface area contributed by atoms with Crippen LogP contribution in [0.3, 0.4) is 0 Å². The van der Waals surface area contributed by atoms with Gasteiger partial charge in [0.1, 0.15) is 5.75 Å². The quantitative estimate of drug-likeness (QED) is 0.784. The highest BCUT2D eigenvalue weighted by molar-refractivity contribution is 6.04. The van der Waals surface area contributed by atoms with Crippen molar-refractivity contribution < 1.29 is 14.3 Å². The van der Waals surface area contributed by atoms with E-state index in [0.29, 0.717) is 23.8 Å². The van der Waals surface area contributed by atoms with E-state index >= 15 is 0 Å². The molecule has 29 heavy (non-hydrogen) atoms. The van der Waals surface area contributed by atoms with Gasteiger partial charge in [0.25, 0.3) is 11.8 Å². The molecule has 3 aliphatic rings. The third-order valence-corrected chi connectivity index (χ3v) is 6.58. The lowest BCUT2D eigenvalue weighted by molar-refractivity contribution is -0.132. The van der Waals surface area contributed by atoms with E-state index in [1.54, 1.807) is 0 Å². The summed E-state index contributed by atoms with van der Waals surface area (Å²) in [5, 5.41) is 0. The molecule has 2 amide bonds. The monoisotopic (exact) mass is 399 g/mol. The summed E-state index contributed by atoms with van der Waals surface area (Å²) in [6.07, 6.45) is 6.10. The summed E-state index contributed by atoms with van der Waals surface area (Å²) in [6, 6.07) is 5.57. The fourth-order valence-electron chi connectivity index (χ4n) is 4.70. The van der Waals surface area contributed by atoms with Gasteiger partial charge in [0.05, 0.1) is 5.69 Å². The lowest BCUT2D eigenvalue weighted by Gasteiger charge is -2.41. The smallest absolute Gasteiger partial charge is 0.270 e. The number of rotatable bonds is 3. The summed E-state index contributed by atoms with van der Waals surface area (Å²) in [6.45, 7) is 7.62. The Morgan fingerprint density at radius 2 is 1.79 bits per heavy atom. The molecule has 0 bridgehead atoms. The van der Waals surface area contributed by atoms with Crippen molar-refractivity contribution in [1.29, 1.82) is 0 Å². The molecule has 0 atom stereocenters. The molecule has 0 radical (unpaired) electrons. The molecule has 1 aromatic carbocycles. The van der Waals surface area contributed by atoms with Crippen LogP contribution in [0.2, 0.25) is 0 Å². The lowest BCUT2D eigenvalue weighted by Crippen LogP contribution is -2.54. The second-order valence-corrected chi connectivity index (χ2v) is 9.31. The van der Waals surface area contributed by atoms with Crippen LogP contribution in [-0.2, 0) is 4.79 Å². The Bertz CT molecular complexity index is 778. The number of piperazine rings is 1. The van der Waals surface area contributed by atoms with E-state index in [4.69, 9.17) is 4.74 Å². The third-order valence-electron chi connectivity index (χ3n) is 6.58. The van der Waals surface area contributed by atoms with Gasteiger partial charge in [-0.1, -0.05) is 19.3 Å². The molecule has 1 aromatic rings. The minimum absolute atomic E-state index is 0.0141. The van der Waals surface area contributed by atoms with E-state index in [9.17, 15) is 9.59 Å². The van der Waals surface area contributed by atoms with E-state index in [0.717, 1.165) is 31.9 Å². The molecule has 0 aromatic heterocycles. The molecule has 0 N–H and O–H groups in total. The summed E-state index contributed by atoms with van der Waals surface area (Å²) in [5.41, 5.74) is 0.503. The molecule has 1 saturated heterocycles. The van der Waals surface area contributed by atoms with Crippen molar-refractivity contribution in [2.45, 2.75) is 51.6 Å². The molecular formula is C23H33N3O3. The first kappa shape index (κ1) is 20.2. The zero-order valence-electron chi connectivity index (χ0n) is 17.9. The molecule has 2 heterocycles. The number of likely N-dealkylation sites (N-methyl/N-ethyl adjacent to an activating group) is 1. The van der Waals surface area contributed by atoms with Crippen molar-refractivity contribution in [3.05, 3.63) is 23.8 Å². The van der Waals surface area contributed by atoms with Crippen molar-refractivity contribution >= 4 is 17.5 Å². The largest absolute Gasteiger partial charge is 0.476 e. The molecule has 0 spiro atoms. The first-order valence-corrected chi connectivity index (χ1v) is 11.0. The highest BCUT2D eigenvalue weighted by Crippen LogP contribution is 2.40. The Balaban J connectivity index is 1.61. The van der Waals surface area contributed by atoms with Gasteiger partial charge in [-0.3, -0.25) is 9.59 Å². The van der Waals surface area contributed by atoms with Crippen LogP contribution in [0.1, 0.15) is 56.3 Å². The number of fused-ring (bicyclic) bond motifs is 1. The number of nitrogens with zero attached hydrogens (tertiary/aromatic N) is 3. The number of benzene rings is 1. The molecule has 6 nitrogen and oxygen atoms in total. The van der Waals surface area contributed by atoms with Crippen molar-refractivity contribution in [3.63, 3.8) is 0 Å². The van der Waals surface area contributed by atoms with E-state index in [-0.39, 0.29) is 11.8 Å². The molecule has 1 saturated carbocycles. The zero-order chi connectivity index (χ0) is 20.6. The molecule has 0 unspecified atom stereocenters. The van der Waals surface area contributed by atoms with Crippen LogP contribution in [0.25, 0.3) is 0 Å². The maximum Gasteiger partial charge on any atom is 0.270 e. The first-order valence-electron chi connectivity index (χ1n) is 11.0. The summed E-state index contributed by atoms with van der Waals surface area (Å²) in [5.74, 6) is 1.24. The Labute approximate surface area is 173 Å². The normalized spacial score (nSPS) is 22.9. The SMILES string of the molecule is CN1CCN(C(=O)c2ccc3c(c2)N(CC2CCCCC2)C(=O)C(C)(C)O3)CC1. The van der Waals surface area contributed by atoms with Gasteiger partial charge in [-0.15, -0.1) is 0 Å². The van der Waals surface area contributed by atoms with Crippen LogP contribution in [0, 0.1) is 5.92 Å². The van der Waals surface area contributed by atoms with Crippen molar-refractivity contribution in [3.8, 4) is 5.75 Å². The van der Waals surface area contributed by atoms with Gasteiger partial charge in [0.2, 0.25) is 0 Å². The van der Waals surface area contributed by atoms with Crippen LogP contribution in [-0.4, -0.2) is 67.0 Å². The van der Waals surface area contributed by atoms with Gasteiger partial charge in [0.15, 0.2) is 5.60 Å². The summed E-state index contributed by atoms with van der Waals surface area (Å²) < 4.78 is 6.02. The average Bonchev–Trinajstić information content (AvgIpc) is 2.72. The fraction of sp³-hybridized carbons (Fsp3) is 0.652. The van der Waals surface area contributed by atoms with Crippen LogP contribution in [0.4, 0.5) is 5.69 Å². The standard InChI is InChI=1S/C23H33N3O3/c1-23(2)22(28)26(16-17-7-5-4-6-8-17)19-15-18(9-10-20(19)29-23)21(27)25-13-11-24(3)12-14-25/h9-10,15,17H,4-8,11-14,16H2,1-3H3. The topological polar surface area (TPSA) is 53.1 Å². The molecule has 4 rings (SSSR count). The highest BCUT2D eigenvalue weighted by atomic mass is 16.5. The van der Waals surface area contributed by atoms with Gasteiger partial charge in [-0.25, -0.2) is 0 Å². The number of hydrogen-bond acceptors (Lipinski definition) is 4. The summed E-state index contributed by atoms with van der Waals surface area (Å²) in [7, 11) is 2.08. The summed E-state index contributed by atoms with van der Waals surface area (Å²) in [4.78, 5) is 32.3. The Morgan fingerprint density at radius 3 is 2.48 bits per heavy atom. The number of carbonyl (C=O) groups excluding carboxylic acids is 2. The lowest BCUT2D eigenvalue weighted by atomic mass is 9.88. The number of hydrogen-bond donors (Lipinski definition) is 0. The van der Waals surface area contributed by atoms with E-state index in [2.05, 4.69) is 11.9 Å². The van der Waals surface area contributed by atoms with Gasteiger partial charge < -0.3 is 19.4 Å². The summed E-state index contributed by atoms with van der Waals surface area (Å²) >= 11 is 0. The second kappa shape index (κ2) is 7.98. The first-order chi connectivity index (χ1) is 13.8. The molecule has 6 heteroatoms. The average molecular weight is 400 g/mol. The number of amides is 2. The van der Waals surface area contributed by atoms with Gasteiger partial charge >= 0.3 is 0 Å². The molecule has 2 aliphatic heterocycles. The Hall–Kier alpha value is -2.08. The molecule has 1 aliphatic carbocycles. The van der Waals surface area contributed by atoms with Gasteiger partial charge in [-0.2, -0.15) is 0 Å². The minimum atomic E-state index is -0.884.